The number of imidazole rings is 1. The van der Waals surface area contributed by atoms with Crippen LogP contribution in [-0.4, -0.2) is 45.9 Å². The van der Waals surface area contributed by atoms with Gasteiger partial charge in [-0.1, -0.05) is 43.0 Å². The highest BCUT2D eigenvalue weighted by Gasteiger charge is 2.32. The Balaban J connectivity index is 1.24. The number of H-pyrrole nitrogens is 1. The van der Waals surface area contributed by atoms with Gasteiger partial charge in [0.05, 0.1) is 19.5 Å². The maximum atomic E-state index is 13.8. The lowest BCUT2D eigenvalue weighted by molar-refractivity contribution is 0.0518. The van der Waals surface area contributed by atoms with Gasteiger partial charge in [-0.05, 0) is 30.5 Å². The molecule has 0 bridgehead atoms. The molecule has 0 radical (unpaired) electrons. The summed E-state index contributed by atoms with van der Waals surface area (Å²) < 4.78 is 44.2. The van der Waals surface area contributed by atoms with Crippen LogP contribution in [0.3, 0.4) is 0 Å². The molecule has 1 aliphatic heterocycles. The molecule has 1 saturated carbocycles. The lowest BCUT2D eigenvalue weighted by Gasteiger charge is -2.22. The topological polar surface area (TPSA) is 153 Å². The maximum absolute atomic E-state index is 13.8. The van der Waals surface area contributed by atoms with Crippen LogP contribution in [0.2, 0.25) is 5.02 Å². The first-order chi connectivity index (χ1) is 18.9. The zero-order valence-corrected chi connectivity index (χ0v) is 23.0. The Hall–Kier alpha value is -2.89. The van der Waals surface area contributed by atoms with E-state index in [-0.39, 0.29) is 56.9 Å². The van der Waals surface area contributed by atoms with E-state index in [2.05, 4.69) is 15.0 Å². The van der Waals surface area contributed by atoms with Crippen molar-refractivity contribution in [3.8, 4) is 0 Å². The molecule has 39 heavy (non-hydrogen) atoms. The minimum atomic E-state index is -3.74. The van der Waals surface area contributed by atoms with E-state index in [0.717, 1.165) is 37.0 Å². The summed E-state index contributed by atoms with van der Waals surface area (Å²) >= 11 is 6.09. The molecule has 2 aromatic heterocycles. The van der Waals surface area contributed by atoms with Crippen LogP contribution < -0.4 is 11.3 Å². The summed E-state index contributed by atoms with van der Waals surface area (Å²) in [6.07, 6.45) is 6.73. The Morgan fingerprint density at radius 3 is 2.82 bits per heavy atom. The van der Waals surface area contributed by atoms with Gasteiger partial charge < -0.3 is 29.0 Å². The summed E-state index contributed by atoms with van der Waals surface area (Å²) in [6.45, 7) is 0.498. The zero-order chi connectivity index (χ0) is 27.2. The van der Waals surface area contributed by atoms with Crippen LogP contribution in [-0.2, 0) is 41.0 Å². The van der Waals surface area contributed by atoms with E-state index < -0.39 is 13.2 Å². The molecule has 3 aromatic rings. The fraction of sp³-hybridized carbons (Fsp3) is 0.480. The van der Waals surface area contributed by atoms with Crippen molar-refractivity contribution in [1.82, 2.24) is 19.5 Å². The fourth-order valence-corrected chi connectivity index (χ4v) is 6.13. The number of aromatic amines is 1. The van der Waals surface area contributed by atoms with Gasteiger partial charge in [0, 0.05) is 17.5 Å². The molecule has 1 aliphatic carbocycles. The molecule has 3 N–H and O–H groups in total. The molecule has 1 atom stereocenters. The number of halogens is 1. The number of nitrogens with two attached hydrogens (primary N) is 1. The third-order valence-corrected chi connectivity index (χ3v) is 8.41. The van der Waals surface area contributed by atoms with Crippen LogP contribution in [0.5, 0.6) is 0 Å². The SMILES string of the molecule is Nc1nc2c(ncn2CCOCP(=O)(OCC2=C(C3CCCCC3)OCO2)OCc2cccc(Cl)c2)c(=O)[nH]1. The Morgan fingerprint density at radius 2 is 2.00 bits per heavy atom. The lowest BCUT2D eigenvalue weighted by Crippen LogP contribution is -2.14. The molecule has 1 unspecified atom stereocenters. The van der Waals surface area contributed by atoms with Gasteiger partial charge in [0.1, 0.15) is 18.7 Å². The number of hydrogen-bond donors (Lipinski definition) is 2. The van der Waals surface area contributed by atoms with Crippen molar-refractivity contribution in [2.24, 2.45) is 5.92 Å². The molecule has 14 heteroatoms. The Morgan fingerprint density at radius 1 is 1.18 bits per heavy atom. The summed E-state index contributed by atoms with van der Waals surface area (Å²) in [5.41, 5.74) is 6.48. The van der Waals surface area contributed by atoms with E-state index in [1.807, 2.05) is 6.07 Å². The predicted molar refractivity (Wildman–Crippen MR) is 144 cm³/mol. The van der Waals surface area contributed by atoms with Crippen molar-refractivity contribution in [2.75, 3.05) is 32.1 Å². The molecule has 1 fully saturated rings. The van der Waals surface area contributed by atoms with E-state index in [1.165, 1.54) is 12.7 Å². The van der Waals surface area contributed by atoms with Crippen molar-refractivity contribution < 1.29 is 27.8 Å². The van der Waals surface area contributed by atoms with Crippen LogP contribution in [0.1, 0.15) is 37.7 Å². The number of nitrogens with one attached hydrogen (secondary N) is 1. The first kappa shape index (κ1) is 27.7. The normalized spacial score (nSPS) is 17.8. The van der Waals surface area contributed by atoms with Gasteiger partial charge >= 0.3 is 7.60 Å². The number of anilines is 1. The highest BCUT2D eigenvalue weighted by Crippen LogP contribution is 2.50. The van der Waals surface area contributed by atoms with Gasteiger partial charge in [0.25, 0.3) is 5.56 Å². The first-order valence-electron chi connectivity index (χ1n) is 12.8. The minimum Gasteiger partial charge on any atom is -0.458 e. The van der Waals surface area contributed by atoms with Gasteiger partial charge in [-0.15, -0.1) is 0 Å². The molecule has 0 amide bonds. The number of hydrogen-bond acceptors (Lipinski definition) is 10. The summed E-state index contributed by atoms with van der Waals surface area (Å²) in [6, 6.07) is 7.08. The van der Waals surface area contributed by atoms with E-state index in [1.54, 1.807) is 22.8 Å². The smallest absolute Gasteiger partial charge is 0.356 e. The van der Waals surface area contributed by atoms with Gasteiger partial charge in [0.15, 0.2) is 16.9 Å². The molecule has 0 saturated heterocycles. The van der Waals surface area contributed by atoms with Gasteiger partial charge in [-0.25, -0.2) is 4.98 Å². The molecule has 210 valence electrons. The minimum absolute atomic E-state index is 0.0116. The van der Waals surface area contributed by atoms with Crippen LogP contribution in [0.4, 0.5) is 5.95 Å². The number of nitrogen functional groups attached to an aromatic ring is 1. The Bertz CT molecular complexity index is 1440. The lowest BCUT2D eigenvalue weighted by atomic mass is 9.87. The predicted octanol–water partition coefficient (Wildman–Crippen LogP) is 4.55. The average molecular weight is 580 g/mol. The van der Waals surface area contributed by atoms with Gasteiger partial charge in [-0.2, -0.15) is 4.98 Å². The molecule has 1 aromatic carbocycles. The van der Waals surface area contributed by atoms with Crippen molar-refractivity contribution >= 4 is 36.3 Å². The van der Waals surface area contributed by atoms with E-state index >= 15 is 0 Å². The van der Waals surface area contributed by atoms with E-state index in [9.17, 15) is 9.36 Å². The summed E-state index contributed by atoms with van der Waals surface area (Å²) in [7, 11) is -3.74. The number of ether oxygens (including phenoxy) is 3. The zero-order valence-electron chi connectivity index (χ0n) is 21.3. The highest BCUT2D eigenvalue weighted by atomic mass is 35.5. The Labute approximate surface area is 229 Å². The second-order valence-corrected chi connectivity index (χ2v) is 11.8. The Kier molecular flexibility index (Phi) is 8.89. The summed E-state index contributed by atoms with van der Waals surface area (Å²) in [5, 5.41) is 0.544. The molecule has 2 aliphatic rings. The number of nitrogens with zero attached hydrogens (tertiary/aromatic N) is 3. The number of fused-ring (bicyclic) bond motifs is 1. The van der Waals surface area contributed by atoms with Crippen LogP contribution in [0.15, 0.2) is 46.9 Å². The van der Waals surface area contributed by atoms with Gasteiger partial charge in [0.2, 0.25) is 12.7 Å². The second-order valence-electron chi connectivity index (χ2n) is 9.42. The summed E-state index contributed by atoms with van der Waals surface area (Å²) in [4.78, 5) is 22.6. The second kappa shape index (κ2) is 12.5. The molecule has 5 rings (SSSR count). The number of allylic oxidation sites excluding steroid dienone is 1. The first-order valence-corrected chi connectivity index (χ1v) is 14.9. The van der Waals surface area contributed by atoms with Crippen molar-refractivity contribution in [3.63, 3.8) is 0 Å². The van der Waals surface area contributed by atoms with Crippen LogP contribution in [0.25, 0.3) is 11.2 Å². The number of aromatic nitrogens is 4. The molecule has 12 nitrogen and oxygen atoms in total. The molecular weight excluding hydrogens is 549 g/mol. The summed E-state index contributed by atoms with van der Waals surface area (Å²) in [5.74, 6) is 1.60. The third kappa shape index (κ3) is 7.01. The molecular formula is C25H31ClN5O7P. The molecule has 0 spiro atoms. The fourth-order valence-electron chi connectivity index (χ4n) is 4.68. The van der Waals surface area contributed by atoms with Gasteiger partial charge in [-0.3, -0.25) is 18.9 Å². The van der Waals surface area contributed by atoms with Crippen LogP contribution in [0, 0.1) is 5.92 Å². The highest BCUT2D eigenvalue weighted by molar-refractivity contribution is 7.53. The van der Waals surface area contributed by atoms with Crippen molar-refractivity contribution in [2.45, 2.75) is 45.3 Å². The van der Waals surface area contributed by atoms with E-state index in [4.69, 9.17) is 40.6 Å². The quantitative estimate of drug-likeness (QED) is 0.231. The average Bonchev–Trinajstić information content (AvgIpc) is 3.57. The monoisotopic (exact) mass is 579 g/mol. The van der Waals surface area contributed by atoms with Crippen molar-refractivity contribution in [3.05, 3.63) is 63.1 Å². The number of benzene rings is 1. The van der Waals surface area contributed by atoms with E-state index in [0.29, 0.717) is 16.4 Å². The number of rotatable bonds is 12. The van der Waals surface area contributed by atoms with Crippen molar-refractivity contribution in [1.29, 1.82) is 0 Å². The third-order valence-electron chi connectivity index (χ3n) is 6.63. The standard InChI is InChI=1S/C25H31ClN5O7P/c26-19-8-4-5-17(11-19)12-37-39(33,38-13-20-22(36-15-35-20)18-6-2-1-3-7-18)16-34-10-9-31-14-28-21-23(31)29-25(27)30-24(21)32/h4-5,8,11,14,18H,1-3,6-7,9-10,12-13,15-16H2,(H3,27,29,30,32). The maximum Gasteiger partial charge on any atom is 0.356 e. The largest absolute Gasteiger partial charge is 0.458 e. The molecule has 3 heterocycles. The van der Waals surface area contributed by atoms with Crippen LogP contribution >= 0.6 is 19.2 Å².